The molecule has 0 aromatic heterocycles. The number of carbonyl (C=O) groups excluding carboxylic acids is 2. The molecule has 0 bridgehead atoms. The number of hydrogen-bond acceptors (Lipinski definition) is 36. The van der Waals surface area contributed by atoms with Crippen LogP contribution in [0.25, 0.3) is 0 Å². The number of hydrogen-bond donors (Lipinski definition) is 23. The molecule has 7 saturated heterocycles. The van der Waals surface area contributed by atoms with Gasteiger partial charge in [-0.25, -0.2) is 0 Å². The van der Waals surface area contributed by atoms with E-state index in [0.29, 0.717) is 0 Å². The number of rotatable bonds is 21. The van der Waals surface area contributed by atoms with Crippen LogP contribution in [-0.4, -0.2) is 380 Å². The second kappa shape index (κ2) is 29.9. The van der Waals surface area contributed by atoms with E-state index in [9.17, 15) is 117 Å². The molecule has 0 aliphatic carbocycles. The van der Waals surface area contributed by atoms with Crippen LogP contribution in [-0.2, 0) is 71.2 Å². The first-order chi connectivity index (χ1) is 39.7. The standard InChI is InChI=1S/C46H78N2O36/c1-10(54)47-19-26(61)36(15(6-52)74-40(19)71)81-41-20(48-11(2)55)27(62)37(16(7-53)78-41)82-45-35(70)38(83-46-39(31(66)23(58)14(5-51)77-46)84-44-34(69)29(64)22(57)13(4-50)76-44)25(60)18(80-45)9-73-43-33(68)30(65)24(59)17(79-43)8-72-42-32(67)28(63)21(56)12(3-49)75-42/h12-46,49-53,56-71H,3-9H2,1-2H3,(H,47,54)(H,48,55)/t12-,13-,14-,15-,16-,17-,18-,19-,20-,21-,22-,23-,24-,25-,26-,27-,28+,29+,30+,31+,32+,33+,34+,35+,36-,37-,38+,39+,40-,41+,42+,43+,44-,45+,46-/m1/s1. The quantitative estimate of drug-likeness (QED) is 0.0507. The average Bonchev–Trinajstić information content (AvgIpc) is 2.89. The largest absolute Gasteiger partial charge is 0.394 e. The molecular formula is C46H78N2O36. The lowest BCUT2D eigenvalue weighted by atomic mass is 9.94. The van der Waals surface area contributed by atoms with Crippen molar-refractivity contribution in [3.8, 4) is 0 Å². The highest BCUT2D eigenvalue weighted by Crippen LogP contribution is 2.37. The van der Waals surface area contributed by atoms with Gasteiger partial charge in [-0.2, -0.15) is 0 Å². The van der Waals surface area contributed by atoms with Crippen molar-refractivity contribution in [3.63, 3.8) is 0 Å². The number of aliphatic hydroxyl groups excluding tert-OH is 21. The molecule has 0 unspecified atom stereocenters. The summed E-state index contributed by atoms with van der Waals surface area (Å²) < 4.78 is 74.4. The normalized spacial score (nSPS) is 50.3. The predicted octanol–water partition coefficient (Wildman–Crippen LogP) is -16.0. The van der Waals surface area contributed by atoms with E-state index in [-0.39, 0.29) is 0 Å². The van der Waals surface area contributed by atoms with Crippen molar-refractivity contribution >= 4 is 11.8 Å². The minimum Gasteiger partial charge on any atom is -0.394 e. The average molecular weight is 1240 g/mol. The van der Waals surface area contributed by atoms with Crippen LogP contribution >= 0.6 is 0 Å². The van der Waals surface area contributed by atoms with Crippen LogP contribution in [0.5, 0.6) is 0 Å². The van der Waals surface area contributed by atoms with E-state index in [1.165, 1.54) is 0 Å². The fourth-order valence-electron chi connectivity index (χ4n) is 10.6. The van der Waals surface area contributed by atoms with Crippen LogP contribution in [0.15, 0.2) is 0 Å². The Morgan fingerprint density at radius 2 is 0.643 bits per heavy atom. The Hall–Kier alpha value is -2.42. The SMILES string of the molecule is CC(=O)N[C@@H]1[C@@H](O)[C@H](O[C@@H]2O[C@H](CO)[C@@H](O[C@@H]3O[C@H](CO[C@H]4O[C@H](CO[C@H]5O[C@H](CO)[C@@H](O)[C@H](O)[C@@H]5O)[C@@H](O)[C@H](O)[C@@H]4O)[C@@H](O)[C@H](O[C@H]4O[C@H](CO)[C@@H](O)[C@H](O)[C@@H]4O[C@H]4O[C@H](CO)[C@@H](O)[C@H](O)[C@@H]4O)[C@@H]3O)[C@H](O)[C@H]2NC(C)=O)[C@@H](CO)O[C@H]1O. The molecule has 0 aromatic rings. The zero-order chi connectivity index (χ0) is 61.9. The van der Waals surface area contributed by atoms with Gasteiger partial charge in [-0.15, -0.1) is 0 Å². The molecule has 35 atom stereocenters. The summed E-state index contributed by atoms with van der Waals surface area (Å²) >= 11 is 0. The third kappa shape index (κ3) is 14.9. The van der Waals surface area contributed by atoms with Crippen molar-refractivity contribution < 1.29 is 178 Å². The Morgan fingerprint density at radius 1 is 0.310 bits per heavy atom. The van der Waals surface area contributed by atoms with Gasteiger partial charge in [0.1, 0.15) is 171 Å². The van der Waals surface area contributed by atoms with E-state index in [0.717, 1.165) is 13.8 Å². The van der Waals surface area contributed by atoms with Gasteiger partial charge in [-0.05, 0) is 0 Å². The Bertz CT molecular complexity index is 2060. The zero-order valence-corrected chi connectivity index (χ0v) is 44.7. The van der Waals surface area contributed by atoms with E-state index in [1.54, 1.807) is 0 Å². The smallest absolute Gasteiger partial charge is 0.217 e. The van der Waals surface area contributed by atoms with Crippen molar-refractivity contribution in [3.05, 3.63) is 0 Å². The molecule has 7 rings (SSSR count). The molecule has 0 spiro atoms. The van der Waals surface area contributed by atoms with E-state index < -0.39 is 273 Å². The molecule has 7 fully saturated rings. The number of nitrogens with one attached hydrogen (secondary N) is 2. The van der Waals surface area contributed by atoms with Crippen molar-refractivity contribution in [2.75, 3.05) is 46.2 Å². The van der Waals surface area contributed by atoms with E-state index in [2.05, 4.69) is 10.6 Å². The van der Waals surface area contributed by atoms with Gasteiger partial charge in [0.05, 0.1) is 46.2 Å². The summed E-state index contributed by atoms with van der Waals surface area (Å²) in [6, 6.07) is -3.39. The summed E-state index contributed by atoms with van der Waals surface area (Å²) in [5, 5.41) is 231. The molecule has 23 N–H and O–H groups in total. The maximum Gasteiger partial charge on any atom is 0.217 e. The first-order valence-corrected chi connectivity index (χ1v) is 26.6. The van der Waals surface area contributed by atoms with E-state index in [4.69, 9.17) is 61.6 Å². The Balaban J connectivity index is 1.17. The third-order valence-corrected chi connectivity index (χ3v) is 15.3. The summed E-state index contributed by atoms with van der Waals surface area (Å²) in [6.45, 7) is -4.73. The topological polar surface area (TPSA) is 603 Å². The monoisotopic (exact) mass is 1230 g/mol. The lowest BCUT2D eigenvalue weighted by Gasteiger charge is -2.50. The summed E-state index contributed by atoms with van der Waals surface area (Å²) in [4.78, 5) is 24.7. The minimum absolute atomic E-state index is 0.742. The van der Waals surface area contributed by atoms with Crippen molar-refractivity contribution in [2.24, 2.45) is 0 Å². The van der Waals surface area contributed by atoms with Gasteiger partial charge in [0, 0.05) is 13.8 Å². The first-order valence-electron chi connectivity index (χ1n) is 26.6. The molecule has 7 heterocycles. The van der Waals surface area contributed by atoms with E-state index in [1.807, 2.05) is 0 Å². The summed E-state index contributed by atoms with van der Waals surface area (Å²) in [7, 11) is 0. The molecule has 7 aliphatic heterocycles. The molecule has 38 nitrogen and oxygen atoms in total. The number of aliphatic hydroxyl groups is 21. The van der Waals surface area contributed by atoms with Crippen LogP contribution in [0.4, 0.5) is 0 Å². The van der Waals surface area contributed by atoms with E-state index >= 15 is 0 Å². The number of ether oxygens (including phenoxy) is 13. The summed E-state index contributed by atoms with van der Waals surface area (Å²) in [6.07, 6.45) is -65.2. The van der Waals surface area contributed by atoms with Gasteiger partial charge in [0.2, 0.25) is 11.8 Å². The molecule has 488 valence electrons. The Morgan fingerprint density at radius 3 is 1.14 bits per heavy atom. The predicted molar refractivity (Wildman–Crippen MR) is 255 cm³/mol. The molecule has 2 amide bonds. The Kier molecular flexibility index (Phi) is 24.6. The minimum atomic E-state index is -2.40. The Labute approximate surface area is 475 Å². The van der Waals surface area contributed by atoms with Crippen LogP contribution in [0.3, 0.4) is 0 Å². The first kappa shape index (κ1) is 69.1. The lowest BCUT2D eigenvalue weighted by Crippen LogP contribution is -2.70. The second-order valence-electron chi connectivity index (χ2n) is 21.1. The zero-order valence-electron chi connectivity index (χ0n) is 44.7. The number of amides is 2. The van der Waals surface area contributed by atoms with Crippen LogP contribution < -0.4 is 10.6 Å². The van der Waals surface area contributed by atoms with Crippen molar-refractivity contribution in [1.82, 2.24) is 10.6 Å². The third-order valence-electron chi connectivity index (χ3n) is 15.3. The van der Waals surface area contributed by atoms with Crippen molar-refractivity contribution in [2.45, 2.75) is 229 Å². The highest BCUT2D eigenvalue weighted by atomic mass is 16.8. The van der Waals surface area contributed by atoms with Crippen molar-refractivity contribution in [1.29, 1.82) is 0 Å². The second-order valence-corrected chi connectivity index (χ2v) is 21.1. The fourth-order valence-corrected chi connectivity index (χ4v) is 10.6. The maximum atomic E-state index is 12.7. The molecule has 7 aliphatic rings. The van der Waals surface area contributed by atoms with Gasteiger partial charge in [0.25, 0.3) is 0 Å². The summed E-state index contributed by atoms with van der Waals surface area (Å²) in [5.41, 5.74) is 0. The van der Waals surface area contributed by atoms with Crippen LogP contribution in [0, 0.1) is 0 Å². The van der Waals surface area contributed by atoms with Gasteiger partial charge in [0.15, 0.2) is 44.0 Å². The highest BCUT2D eigenvalue weighted by Gasteiger charge is 2.58. The molecule has 84 heavy (non-hydrogen) atoms. The number of carbonyl (C=O) groups is 2. The molecule has 0 saturated carbocycles. The van der Waals surface area contributed by atoms with Crippen LogP contribution in [0.2, 0.25) is 0 Å². The molecule has 38 heteroatoms. The summed E-state index contributed by atoms with van der Waals surface area (Å²) in [5.74, 6) is -1.62. The maximum absolute atomic E-state index is 12.7. The van der Waals surface area contributed by atoms with Gasteiger partial charge in [-0.3, -0.25) is 9.59 Å². The fraction of sp³-hybridized carbons (Fsp3) is 0.957. The molecule has 0 aromatic carbocycles. The molecular weight excluding hydrogens is 1160 g/mol. The van der Waals surface area contributed by atoms with Gasteiger partial charge in [-0.1, -0.05) is 0 Å². The van der Waals surface area contributed by atoms with Gasteiger partial charge >= 0.3 is 0 Å². The molecule has 0 radical (unpaired) electrons. The van der Waals surface area contributed by atoms with Gasteiger partial charge < -0.3 is 179 Å². The van der Waals surface area contributed by atoms with Crippen LogP contribution in [0.1, 0.15) is 13.8 Å². The highest BCUT2D eigenvalue weighted by molar-refractivity contribution is 5.73. The lowest BCUT2D eigenvalue weighted by molar-refractivity contribution is -0.398.